The van der Waals surface area contributed by atoms with Gasteiger partial charge in [-0.2, -0.15) is 0 Å². The number of carbonyl (C=O) groups is 1. The molecule has 1 amide bonds. The summed E-state index contributed by atoms with van der Waals surface area (Å²) in [5, 5.41) is 0.807. The van der Waals surface area contributed by atoms with Gasteiger partial charge in [-0.15, -0.1) is 0 Å². The number of fused-ring (bicyclic) bond motifs is 1. The average molecular weight is 377 g/mol. The predicted molar refractivity (Wildman–Crippen MR) is 110 cm³/mol. The summed E-state index contributed by atoms with van der Waals surface area (Å²) in [6.45, 7) is 2.63. The monoisotopic (exact) mass is 377 g/mol. The van der Waals surface area contributed by atoms with Gasteiger partial charge < -0.3 is 19.1 Å². The van der Waals surface area contributed by atoms with E-state index in [1.807, 2.05) is 53.4 Å². The molecule has 3 aromatic rings. The Kier molecular flexibility index (Phi) is 4.77. The van der Waals surface area contributed by atoms with Crippen molar-refractivity contribution in [1.29, 1.82) is 0 Å². The van der Waals surface area contributed by atoms with Crippen LogP contribution in [0.15, 0.2) is 59.4 Å². The van der Waals surface area contributed by atoms with Gasteiger partial charge in [0.25, 0.3) is 11.5 Å². The normalized spacial score (nSPS) is 14.4. The molecule has 1 saturated heterocycles. The zero-order valence-corrected chi connectivity index (χ0v) is 16.1. The zero-order chi connectivity index (χ0) is 19.7. The second kappa shape index (κ2) is 7.38. The van der Waals surface area contributed by atoms with E-state index in [9.17, 15) is 9.59 Å². The van der Waals surface area contributed by atoms with E-state index in [1.54, 1.807) is 18.7 Å². The van der Waals surface area contributed by atoms with E-state index in [0.29, 0.717) is 18.7 Å². The van der Waals surface area contributed by atoms with Crippen LogP contribution < -0.4 is 15.2 Å². The van der Waals surface area contributed by atoms with E-state index < -0.39 is 0 Å². The molecule has 1 aliphatic rings. The fraction of sp³-hybridized carbons (Fsp3) is 0.273. The number of hydrogen-bond acceptors (Lipinski definition) is 4. The number of hydrogen-bond donors (Lipinski definition) is 0. The van der Waals surface area contributed by atoms with Crippen LogP contribution in [0, 0.1) is 0 Å². The number of aryl methyl sites for hydroxylation is 1. The molecular weight excluding hydrogens is 354 g/mol. The Morgan fingerprint density at radius 3 is 2.39 bits per heavy atom. The molecule has 1 aliphatic heterocycles. The first kappa shape index (κ1) is 18.1. The third-order valence-electron chi connectivity index (χ3n) is 5.38. The summed E-state index contributed by atoms with van der Waals surface area (Å²) in [6.07, 6.45) is 0. The van der Waals surface area contributed by atoms with Crippen molar-refractivity contribution in [2.45, 2.75) is 0 Å². The second-order valence-electron chi connectivity index (χ2n) is 6.92. The molecule has 1 fully saturated rings. The number of para-hydroxylation sites is 3. The van der Waals surface area contributed by atoms with Crippen molar-refractivity contribution in [3.8, 4) is 5.75 Å². The number of ether oxygens (including phenoxy) is 1. The quantitative estimate of drug-likeness (QED) is 0.704. The van der Waals surface area contributed by atoms with Crippen LogP contribution in [0.2, 0.25) is 0 Å². The van der Waals surface area contributed by atoms with Gasteiger partial charge >= 0.3 is 0 Å². The molecule has 0 bridgehead atoms. The van der Waals surface area contributed by atoms with Gasteiger partial charge in [0.2, 0.25) is 0 Å². The Labute approximate surface area is 163 Å². The number of piperazine rings is 1. The summed E-state index contributed by atoms with van der Waals surface area (Å²) in [5.41, 5.74) is 2.11. The maximum absolute atomic E-state index is 13.2. The Bertz CT molecular complexity index is 1080. The number of carbonyl (C=O) groups excluding carboxylic acids is 1. The van der Waals surface area contributed by atoms with Gasteiger partial charge in [0.05, 0.1) is 23.9 Å². The third-order valence-corrected chi connectivity index (χ3v) is 5.38. The number of amides is 1. The molecule has 4 rings (SSSR count). The van der Waals surface area contributed by atoms with Gasteiger partial charge in [0.15, 0.2) is 0 Å². The van der Waals surface area contributed by atoms with Crippen LogP contribution >= 0.6 is 0 Å². The van der Waals surface area contributed by atoms with Crippen molar-refractivity contribution in [1.82, 2.24) is 9.47 Å². The van der Waals surface area contributed by atoms with Crippen LogP contribution in [-0.4, -0.2) is 48.7 Å². The molecule has 6 heteroatoms. The Balaban J connectivity index is 1.58. The van der Waals surface area contributed by atoms with Gasteiger partial charge in [0, 0.05) is 44.7 Å². The van der Waals surface area contributed by atoms with E-state index in [1.165, 1.54) is 6.07 Å². The van der Waals surface area contributed by atoms with Crippen molar-refractivity contribution >= 4 is 22.5 Å². The molecule has 2 aromatic carbocycles. The molecule has 0 unspecified atom stereocenters. The lowest BCUT2D eigenvalue weighted by Crippen LogP contribution is -2.49. The maximum atomic E-state index is 13.2. The van der Waals surface area contributed by atoms with Crippen LogP contribution in [0.5, 0.6) is 5.75 Å². The minimum atomic E-state index is -0.172. The minimum Gasteiger partial charge on any atom is -0.495 e. The fourth-order valence-electron chi connectivity index (χ4n) is 3.80. The standard InChI is InChI=1S/C22H23N3O3/c1-23-18-8-4-3-7-16(18)17(15-21(23)26)22(27)25-13-11-24(12-14-25)19-9-5-6-10-20(19)28-2/h3-10,15H,11-14H2,1-2H3. The average Bonchev–Trinajstić information content (AvgIpc) is 2.76. The number of pyridine rings is 1. The summed E-state index contributed by atoms with van der Waals surface area (Å²) >= 11 is 0. The lowest BCUT2D eigenvalue weighted by Gasteiger charge is -2.36. The minimum absolute atomic E-state index is 0.0893. The van der Waals surface area contributed by atoms with Gasteiger partial charge in [-0.05, 0) is 18.2 Å². The van der Waals surface area contributed by atoms with Gasteiger partial charge in [-0.3, -0.25) is 9.59 Å². The molecule has 0 aliphatic carbocycles. The second-order valence-corrected chi connectivity index (χ2v) is 6.92. The first-order chi connectivity index (χ1) is 13.6. The summed E-state index contributed by atoms with van der Waals surface area (Å²) in [4.78, 5) is 29.6. The number of aromatic nitrogens is 1. The molecule has 28 heavy (non-hydrogen) atoms. The molecule has 144 valence electrons. The smallest absolute Gasteiger partial charge is 0.254 e. The largest absolute Gasteiger partial charge is 0.495 e. The maximum Gasteiger partial charge on any atom is 0.254 e. The fourth-order valence-corrected chi connectivity index (χ4v) is 3.80. The lowest BCUT2D eigenvalue weighted by molar-refractivity contribution is 0.0748. The molecule has 0 saturated carbocycles. The number of nitrogens with zero attached hydrogens (tertiary/aromatic N) is 3. The Morgan fingerprint density at radius 2 is 1.64 bits per heavy atom. The molecule has 1 aromatic heterocycles. The summed E-state index contributed by atoms with van der Waals surface area (Å²) in [6, 6.07) is 16.9. The third kappa shape index (κ3) is 3.11. The Morgan fingerprint density at radius 1 is 0.964 bits per heavy atom. The number of anilines is 1. The molecule has 6 nitrogen and oxygen atoms in total. The van der Waals surface area contributed by atoms with Crippen LogP contribution in [0.4, 0.5) is 5.69 Å². The summed E-state index contributed by atoms with van der Waals surface area (Å²) in [7, 11) is 3.39. The number of benzene rings is 2. The van der Waals surface area contributed by atoms with E-state index in [-0.39, 0.29) is 11.5 Å². The predicted octanol–water partition coefficient (Wildman–Crippen LogP) is 2.51. The first-order valence-corrected chi connectivity index (χ1v) is 9.36. The van der Waals surface area contributed by atoms with Gasteiger partial charge in [-0.1, -0.05) is 30.3 Å². The highest BCUT2D eigenvalue weighted by atomic mass is 16.5. The molecule has 0 atom stereocenters. The van der Waals surface area contributed by atoms with E-state index >= 15 is 0 Å². The van der Waals surface area contributed by atoms with Crippen LogP contribution in [0.3, 0.4) is 0 Å². The van der Waals surface area contributed by atoms with Gasteiger partial charge in [-0.25, -0.2) is 0 Å². The highest BCUT2D eigenvalue weighted by Gasteiger charge is 2.25. The van der Waals surface area contributed by atoms with Crippen LogP contribution in [-0.2, 0) is 7.05 Å². The molecular formula is C22H23N3O3. The van der Waals surface area contributed by atoms with Crippen molar-refractivity contribution in [2.75, 3.05) is 38.2 Å². The SMILES string of the molecule is COc1ccccc1N1CCN(C(=O)c2cc(=O)n(C)c3ccccc23)CC1. The van der Waals surface area contributed by atoms with Gasteiger partial charge in [0.1, 0.15) is 5.75 Å². The molecule has 0 radical (unpaired) electrons. The van der Waals surface area contributed by atoms with E-state index in [2.05, 4.69) is 4.90 Å². The Hall–Kier alpha value is -3.28. The van der Waals surface area contributed by atoms with Crippen LogP contribution in [0.1, 0.15) is 10.4 Å². The van der Waals surface area contributed by atoms with Crippen LogP contribution in [0.25, 0.3) is 10.9 Å². The molecule has 0 spiro atoms. The van der Waals surface area contributed by atoms with Crippen molar-refractivity contribution < 1.29 is 9.53 Å². The highest BCUT2D eigenvalue weighted by Crippen LogP contribution is 2.28. The molecule has 0 N–H and O–H groups in total. The topological polar surface area (TPSA) is 54.8 Å². The summed E-state index contributed by atoms with van der Waals surface area (Å²) < 4.78 is 7.03. The van der Waals surface area contributed by atoms with Crippen molar-refractivity contribution in [3.05, 3.63) is 70.5 Å². The first-order valence-electron chi connectivity index (χ1n) is 9.36. The van der Waals surface area contributed by atoms with E-state index in [4.69, 9.17) is 4.74 Å². The number of rotatable bonds is 3. The zero-order valence-electron chi connectivity index (χ0n) is 16.1. The molecule has 2 heterocycles. The highest BCUT2D eigenvalue weighted by molar-refractivity contribution is 6.06. The summed E-state index contributed by atoms with van der Waals surface area (Å²) in [5.74, 6) is 0.744. The van der Waals surface area contributed by atoms with Crippen molar-refractivity contribution in [3.63, 3.8) is 0 Å². The van der Waals surface area contributed by atoms with E-state index in [0.717, 1.165) is 35.4 Å². The number of methoxy groups -OCH3 is 1. The van der Waals surface area contributed by atoms with Crippen molar-refractivity contribution in [2.24, 2.45) is 7.05 Å². The lowest BCUT2D eigenvalue weighted by atomic mass is 10.1.